The van der Waals surface area contributed by atoms with Crippen molar-refractivity contribution in [2.75, 3.05) is 11.9 Å². The molecule has 3 rings (SSSR count). The first-order valence-electron chi connectivity index (χ1n) is 10.2. The quantitative estimate of drug-likeness (QED) is 0.181. The van der Waals surface area contributed by atoms with Crippen LogP contribution in [0.15, 0.2) is 72.3 Å². The number of non-ortho nitro benzene ring substituents is 1. The van der Waals surface area contributed by atoms with Gasteiger partial charge < -0.3 is 14.8 Å². The lowest BCUT2D eigenvalue weighted by molar-refractivity contribution is -0.384. The molecule has 0 aliphatic rings. The van der Waals surface area contributed by atoms with Crippen LogP contribution in [-0.4, -0.2) is 17.4 Å². The van der Waals surface area contributed by atoms with Crippen LogP contribution >= 0.6 is 11.6 Å². The molecule has 0 saturated carbocycles. The lowest BCUT2D eigenvalue weighted by Crippen LogP contribution is -2.13. The highest BCUT2D eigenvalue weighted by molar-refractivity contribution is 6.31. The summed E-state index contributed by atoms with van der Waals surface area (Å²) >= 11 is 5.93. The third-order valence-corrected chi connectivity index (χ3v) is 4.78. The molecular formula is C25H20ClN3O5. The topological polar surface area (TPSA) is 114 Å². The van der Waals surface area contributed by atoms with Gasteiger partial charge in [-0.05, 0) is 54.5 Å². The van der Waals surface area contributed by atoms with Gasteiger partial charge in [0.1, 0.15) is 18.2 Å². The molecule has 0 spiro atoms. The van der Waals surface area contributed by atoms with Gasteiger partial charge in [-0.25, -0.2) is 0 Å². The van der Waals surface area contributed by atoms with Crippen LogP contribution < -0.4 is 14.8 Å². The summed E-state index contributed by atoms with van der Waals surface area (Å²) in [6, 6.07) is 19.6. The highest BCUT2D eigenvalue weighted by Gasteiger charge is 2.13. The molecular weight excluding hydrogens is 458 g/mol. The first kappa shape index (κ1) is 24.3. The van der Waals surface area contributed by atoms with Crippen LogP contribution in [0.1, 0.15) is 18.1 Å². The molecule has 0 aromatic heterocycles. The second kappa shape index (κ2) is 11.5. The number of hydrogen-bond donors (Lipinski definition) is 1. The van der Waals surface area contributed by atoms with E-state index in [4.69, 9.17) is 21.1 Å². The zero-order chi connectivity index (χ0) is 24.5. The number of anilines is 1. The van der Waals surface area contributed by atoms with E-state index in [-0.39, 0.29) is 17.9 Å². The highest BCUT2D eigenvalue weighted by Crippen LogP contribution is 2.30. The number of carbonyl (C=O) groups is 1. The Morgan fingerprint density at radius 2 is 1.91 bits per heavy atom. The van der Waals surface area contributed by atoms with Crippen LogP contribution in [0.3, 0.4) is 0 Å². The van der Waals surface area contributed by atoms with Gasteiger partial charge in [-0.3, -0.25) is 14.9 Å². The molecule has 0 unspecified atom stereocenters. The molecule has 34 heavy (non-hydrogen) atoms. The minimum absolute atomic E-state index is 0.0216. The van der Waals surface area contributed by atoms with Gasteiger partial charge in [0.25, 0.3) is 11.6 Å². The predicted molar refractivity (Wildman–Crippen MR) is 129 cm³/mol. The summed E-state index contributed by atoms with van der Waals surface area (Å²) in [5.41, 5.74) is 1.53. The first-order chi connectivity index (χ1) is 16.4. The number of ether oxygens (including phenoxy) is 2. The molecule has 0 saturated heterocycles. The molecule has 3 aromatic rings. The molecule has 1 N–H and O–H groups in total. The fourth-order valence-electron chi connectivity index (χ4n) is 3.00. The number of nitro groups is 1. The van der Waals surface area contributed by atoms with Crippen LogP contribution in [0.25, 0.3) is 6.08 Å². The fourth-order valence-corrected chi connectivity index (χ4v) is 3.19. The van der Waals surface area contributed by atoms with Crippen molar-refractivity contribution < 1.29 is 19.2 Å². The number of nitrogens with one attached hydrogen (secondary N) is 1. The van der Waals surface area contributed by atoms with Crippen molar-refractivity contribution in [1.29, 1.82) is 5.26 Å². The maximum atomic E-state index is 12.5. The number of amides is 1. The van der Waals surface area contributed by atoms with E-state index in [1.54, 1.807) is 54.6 Å². The molecule has 0 heterocycles. The zero-order valence-electron chi connectivity index (χ0n) is 18.2. The Balaban J connectivity index is 1.78. The average molecular weight is 478 g/mol. The average Bonchev–Trinajstić information content (AvgIpc) is 2.82. The maximum Gasteiger partial charge on any atom is 0.269 e. The lowest BCUT2D eigenvalue weighted by atomic mass is 10.1. The monoisotopic (exact) mass is 477 g/mol. The smallest absolute Gasteiger partial charge is 0.269 e. The Kier molecular flexibility index (Phi) is 8.21. The molecule has 0 atom stereocenters. The van der Waals surface area contributed by atoms with Crippen LogP contribution in [0, 0.1) is 21.4 Å². The van der Waals surface area contributed by atoms with E-state index >= 15 is 0 Å². The Morgan fingerprint density at radius 3 is 2.62 bits per heavy atom. The summed E-state index contributed by atoms with van der Waals surface area (Å²) in [5.74, 6) is 0.260. The van der Waals surface area contributed by atoms with Crippen molar-refractivity contribution in [3.05, 3.63) is 98.6 Å². The summed E-state index contributed by atoms with van der Waals surface area (Å²) in [6.07, 6.45) is 1.44. The van der Waals surface area contributed by atoms with E-state index in [0.29, 0.717) is 39.9 Å². The number of nitrogens with zero attached hydrogens (tertiary/aromatic N) is 2. The lowest BCUT2D eigenvalue weighted by Gasteiger charge is -2.13. The Labute approximate surface area is 201 Å². The third kappa shape index (κ3) is 6.58. The van der Waals surface area contributed by atoms with Crippen LogP contribution in [0.5, 0.6) is 11.5 Å². The van der Waals surface area contributed by atoms with E-state index in [1.807, 2.05) is 13.0 Å². The predicted octanol–water partition coefficient (Wildman–Crippen LogP) is 5.77. The van der Waals surface area contributed by atoms with Crippen molar-refractivity contribution in [2.45, 2.75) is 13.5 Å². The minimum Gasteiger partial charge on any atom is -0.490 e. The van der Waals surface area contributed by atoms with E-state index in [9.17, 15) is 20.2 Å². The van der Waals surface area contributed by atoms with Gasteiger partial charge in [-0.1, -0.05) is 35.9 Å². The summed E-state index contributed by atoms with van der Waals surface area (Å²) in [6.45, 7) is 2.27. The van der Waals surface area contributed by atoms with Gasteiger partial charge in [-0.15, -0.1) is 0 Å². The number of carbonyl (C=O) groups excluding carboxylic acids is 1. The number of nitro benzene ring substituents is 1. The molecule has 1 amide bonds. The van der Waals surface area contributed by atoms with Crippen molar-refractivity contribution in [3.8, 4) is 17.6 Å². The summed E-state index contributed by atoms with van der Waals surface area (Å²) in [5, 5.41) is 23.5. The summed E-state index contributed by atoms with van der Waals surface area (Å²) in [4.78, 5) is 23.0. The standard InChI is InChI=1S/C25H20ClN3O5/c1-2-33-24-13-17(11-19(15-27)25(30)28-21-7-4-6-20(26)14-21)9-10-23(24)34-16-18-5-3-8-22(12-18)29(31)32/h3-14H,2,16H2,1H3,(H,28,30)/b19-11+. The van der Waals surface area contributed by atoms with Gasteiger partial charge in [0.05, 0.1) is 11.5 Å². The van der Waals surface area contributed by atoms with E-state index < -0.39 is 10.8 Å². The molecule has 8 nitrogen and oxygen atoms in total. The molecule has 3 aromatic carbocycles. The Morgan fingerprint density at radius 1 is 1.12 bits per heavy atom. The molecule has 0 aliphatic carbocycles. The third-order valence-electron chi connectivity index (χ3n) is 4.54. The van der Waals surface area contributed by atoms with Gasteiger partial charge in [0, 0.05) is 22.8 Å². The van der Waals surface area contributed by atoms with Crippen molar-refractivity contribution in [3.63, 3.8) is 0 Å². The van der Waals surface area contributed by atoms with Crippen molar-refractivity contribution >= 4 is 35.0 Å². The highest BCUT2D eigenvalue weighted by atomic mass is 35.5. The minimum atomic E-state index is -0.575. The number of nitriles is 1. The summed E-state index contributed by atoms with van der Waals surface area (Å²) in [7, 11) is 0. The fraction of sp³-hybridized carbons (Fsp3) is 0.120. The molecule has 0 bridgehead atoms. The molecule has 9 heteroatoms. The maximum absolute atomic E-state index is 12.5. The second-order valence-corrected chi connectivity index (χ2v) is 7.43. The van der Waals surface area contributed by atoms with E-state index in [1.165, 1.54) is 18.2 Å². The number of halogens is 1. The Hall–Kier alpha value is -4.35. The van der Waals surface area contributed by atoms with E-state index in [2.05, 4.69) is 5.32 Å². The van der Waals surface area contributed by atoms with Gasteiger partial charge >= 0.3 is 0 Å². The summed E-state index contributed by atoms with van der Waals surface area (Å²) < 4.78 is 11.5. The second-order valence-electron chi connectivity index (χ2n) is 6.99. The molecule has 0 fully saturated rings. The largest absolute Gasteiger partial charge is 0.490 e. The van der Waals surface area contributed by atoms with Crippen LogP contribution in [0.2, 0.25) is 5.02 Å². The zero-order valence-corrected chi connectivity index (χ0v) is 18.9. The molecule has 172 valence electrons. The van der Waals surface area contributed by atoms with Crippen LogP contribution in [0.4, 0.5) is 11.4 Å². The van der Waals surface area contributed by atoms with Crippen molar-refractivity contribution in [1.82, 2.24) is 0 Å². The normalized spacial score (nSPS) is 10.8. The van der Waals surface area contributed by atoms with Crippen LogP contribution in [-0.2, 0) is 11.4 Å². The first-order valence-corrected chi connectivity index (χ1v) is 10.6. The SMILES string of the molecule is CCOc1cc(/C=C(\C#N)C(=O)Nc2cccc(Cl)c2)ccc1OCc1cccc([N+](=O)[O-])c1. The number of hydrogen-bond acceptors (Lipinski definition) is 6. The van der Waals surface area contributed by atoms with Gasteiger partial charge in [0.2, 0.25) is 0 Å². The van der Waals surface area contributed by atoms with Gasteiger partial charge in [-0.2, -0.15) is 5.26 Å². The van der Waals surface area contributed by atoms with Crippen molar-refractivity contribution in [2.24, 2.45) is 0 Å². The molecule has 0 aliphatic heterocycles. The number of benzene rings is 3. The van der Waals surface area contributed by atoms with Gasteiger partial charge in [0.15, 0.2) is 11.5 Å². The van der Waals surface area contributed by atoms with E-state index in [0.717, 1.165) is 0 Å². The molecule has 0 radical (unpaired) electrons. The number of rotatable bonds is 9. The Bertz CT molecular complexity index is 1280.